The average Bonchev–Trinajstić information content (AvgIpc) is 2.62. The standard InChI is InChI=1S/C19H26N2O5/c1-5-9-13-15(18(22)26-7-3)16(21-19(23)20-13)12-10-8-11-14(24-4)17(12)25-6-2/h8,10-11,16H,5-7,9H2,1-4H3,(H2,20,21,23). The van der Waals surface area contributed by atoms with Gasteiger partial charge in [-0.15, -0.1) is 0 Å². The lowest BCUT2D eigenvalue weighted by atomic mass is 9.93. The van der Waals surface area contributed by atoms with Gasteiger partial charge in [0.05, 0.1) is 31.9 Å². The average molecular weight is 362 g/mol. The second-order valence-electron chi connectivity index (χ2n) is 5.71. The molecule has 26 heavy (non-hydrogen) atoms. The van der Waals surface area contributed by atoms with E-state index >= 15 is 0 Å². The molecule has 0 aliphatic carbocycles. The first-order valence-electron chi connectivity index (χ1n) is 8.84. The lowest BCUT2D eigenvalue weighted by Gasteiger charge is -2.30. The van der Waals surface area contributed by atoms with Crippen molar-refractivity contribution in [2.75, 3.05) is 20.3 Å². The molecular weight excluding hydrogens is 336 g/mol. The Hall–Kier alpha value is -2.70. The number of hydrogen-bond acceptors (Lipinski definition) is 5. The third-order valence-corrected chi connectivity index (χ3v) is 3.98. The summed E-state index contributed by atoms with van der Waals surface area (Å²) >= 11 is 0. The van der Waals surface area contributed by atoms with E-state index in [0.717, 1.165) is 6.42 Å². The third kappa shape index (κ3) is 4.09. The molecule has 1 aliphatic heterocycles. The highest BCUT2D eigenvalue weighted by atomic mass is 16.5. The molecular formula is C19H26N2O5. The monoisotopic (exact) mass is 362 g/mol. The Balaban J connectivity index is 2.62. The van der Waals surface area contributed by atoms with Crippen molar-refractivity contribution >= 4 is 12.0 Å². The summed E-state index contributed by atoms with van der Waals surface area (Å²) in [6.07, 6.45) is 1.34. The van der Waals surface area contributed by atoms with E-state index in [-0.39, 0.29) is 12.6 Å². The number of carbonyl (C=O) groups excluding carboxylic acids is 2. The van der Waals surface area contributed by atoms with E-state index in [1.807, 2.05) is 19.9 Å². The van der Waals surface area contributed by atoms with Crippen molar-refractivity contribution in [1.82, 2.24) is 10.6 Å². The van der Waals surface area contributed by atoms with E-state index in [1.165, 1.54) is 0 Å². The first-order valence-corrected chi connectivity index (χ1v) is 8.84. The summed E-state index contributed by atoms with van der Waals surface area (Å²) in [6, 6.07) is 4.34. The molecule has 1 aromatic carbocycles. The molecule has 0 saturated carbocycles. The Labute approximate surface area is 153 Å². The van der Waals surface area contributed by atoms with Crippen LogP contribution in [0.3, 0.4) is 0 Å². The van der Waals surface area contributed by atoms with Gasteiger partial charge < -0.3 is 24.8 Å². The number of methoxy groups -OCH3 is 1. The van der Waals surface area contributed by atoms with Crippen LogP contribution in [0, 0.1) is 0 Å². The van der Waals surface area contributed by atoms with Crippen molar-refractivity contribution in [2.24, 2.45) is 0 Å². The van der Waals surface area contributed by atoms with Crippen LogP contribution >= 0.6 is 0 Å². The van der Waals surface area contributed by atoms with E-state index in [4.69, 9.17) is 14.2 Å². The van der Waals surface area contributed by atoms with E-state index in [2.05, 4.69) is 10.6 Å². The Bertz CT molecular complexity index is 699. The van der Waals surface area contributed by atoms with Crippen LogP contribution in [0.1, 0.15) is 45.2 Å². The van der Waals surface area contributed by atoms with E-state index < -0.39 is 12.0 Å². The minimum atomic E-state index is -0.680. The van der Waals surface area contributed by atoms with Gasteiger partial charge in [0.2, 0.25) is 0 Å². The van der Waals surface area contributed by atoms with Crippen molar-refractivity contribution < 1.29 is 23.8 Å². The molecule has 1 aromatic rings. The third-order valence-electron chi connectivity index (χ3n) is 3.98. The summed E-state index contributed by atoms with van der Waals surface area (Å²) in [5, 5.41) is 5.56. The number of nitrogens with one attached hydrogen (secondary N) is 2. The predicted octanol–water partition coefficient (Wildman–Crippen LogP) is 3.07. The summed E-state index contributed by atoms with van der Waals surface area (Å²) < 4.78 is 16.4. The fourth-order valence-electron chi connectivity index (χ4n) is 2.97. The quantitative estimate of drug-likeness (QED) is 0.694. The number of esters is 1. The second kappa shape index (κ2) is 9.12. The minimum Gasteiger partial charge on any atom is -0.493 e. The lowest BCUT2D eigenvalue weighted by molar-refractivity contribution is -0.139. The molecule has 2 amide bonds. The van der Waals surface area contributed by atoms with Crippen molar-refractivity contribution in [1.29, 1.82) is 0 Å². The highest BCUT2D eigenvalue weighted by molar-refractivity contribution is 5.95. The molecule has 2 N–H and O–H groups in total. The molecule has 1 atom stereocenters. The Morgan fingerprint density at radius 2 is 1.96 bits per heavy atom. The SMILES string of the molecule is CCCC1=C(C(=O)OCC)C(c2cccc(OC)c2OCC)NC(=O)N1. The first-order chi connectivity index (χ1) is 12.6. The molecule has 142 valence electrons. The fourth-order valence-corrected chi connectivity index (χ4v) is 2.97. The van der Waals surface area contributed by atoms with Crippen LogP contribution in [-0.2, 0) is 9.53 Å². The van der Waals surface area contributed by atoms with Gasteiger partial charge >= 0.3 is 12.0 Å². The van der Waals surface area contributed by atoms with Crippen LogP contribution < -0.4 is 20.1 Å². The van der Waals surface area contributed by atoms with Gasteiger partial charge in [-0.2, -0.15) is 0 Å². The number of para-hydroxylation sites is 1. The summed E-state index contributed by atoms with van der Waals surface area (Å²) in [7, 11) is 1.55. The molecule has 1 heterocycles. The number of hydrogen-bond donors (Lipinski definition) is 2. The number of carbonyl (C=O) groups is 2. The van der Waals surface area contributed by atoms with Crippen LogP contribution in [-0.4, -0.2) is 32.3 Å². The number of allylic oxidation sites excluding steroid dienone is 1. The van der Waals surface area contributed by atoms with Gasteiger partial charge in [-0.05, 0) is 26.3 Å². The largest absolute Gasteiger partial charge is 0.493 e. The molecule has 0 radical (unpaired) electrons. The molecule has 0 bridgehead atoms. The second-order valence-corrected chi connectivity index (χ2v) is 5.71. The highest BCUT2D eigenvalue weighted by Gasteiger charge is 2.35. The van der Waals surface area contributed by atoms with Crippen molar-refractivity contribution in [3.05, 3.63) is 35.0 Å². The van der Waals surface area contributed by atoms with Crippen LogP contribution in [0.5, 0.6) is 11.5 Å². The molecule has 1 aliphatic rings. The zero-order valence-corrected chi connectivity index (χ0v) is 15.7. The topological polar surface area (TPSA) is 85.9 Å². The van der Waals surface area contributed by atoms with Gasteiger partial charge in [0.1, 0.15) is 0 Å². The summed E-state index contributed by atoms with van der Waals surface area (Å²) in [4.78, 5) is 24.9. The minimum absolute atomic E-state index is 0.249. The normalized spacial score (nSPS) is 16.6. The molecule has 0 fully saturated rings. The summed E-state index contributed by atoms with van der Waals surface area (Å²) in [5.74, 6) is 0.582. The summed E-state index contributed by atoms with van der Waals surface area (Å²) in [6.45, 7) is 6.27. The maximum absolute atomic E-state index is 12.7. The zero-order valence-electron chi connectivity index (χ0n) is 15.7. The number of amides is 2. The van der Waals surface area contributed by atoms with E-state index in [1.54, 1.807) is 26.2 Å². The molecule has 0 spiro atoms. The molecule has 7 heteroatoms. The predicted molar refractivity (Wildman–Crippen MR) is 97.1 cm³/mol. The van der Waals surface area contributed by atoms with E-state index in [9.17, 15) is 9.59 Å². The number of urea groups is 1. The maximum Gasteiger partial charge on any atom is 0.338 e. The Morgan fingerprint density at radius 3 is 2.58 bits per heavy atom. The number of benzene rings is 1. The number of ether oxygens (including phenoxy) is 3. The van der Waals surface area contributed by atoms with Crippen molar-refractivity contribution in [2.45, 2.75) is 39.7 Å². The van der Waals surface area contributed by atoms with Crippen molar-refractivity contribution in [3.63, 3.8) is 0 Å². The first kappa shape index (κ1) is 19.6. The van der Waals surface area contributed by atoms with Crippen LogP contribution in [0.2, 0.25) is 0 Å². The lowest BCUT2D eigenvalue weighted by Crippen LogP contribution is -2.46. The van der Waals surface area contributed by atoms with Gasteiger partial charge in [0.25, 0.3) is 0 Å². The van der Waals surface area contributed by atoms with Gasteiger partial charge in [-0.3, -0.25) is 0 Å². The molecule has 0 aromatic heterocycles. The molecule has 2 rings (SSSR count). The van der Waals surface area contributed by atoms with Crippen LogP contribution in [0.25, 0.3) is 0 Å². The van der Waals surface area contributed by atoms with Crippen LogP contribution in [0.4, 0.5) is 4.79 Å². The van der Waals surface area contributed by atoms with Gasteiger partial charge in [0, 0.05) is 11.3 Å². The number of rotatable bonds is 8. The highest BCUT2D eigenvalue weighted by Crippen LogP contribution is 2.39. The smallest absolute Gasteiger partial charge is 0.338 e. The van der Waals surface area contributed by atoms with Gasteiger partial charge in [-0.25, -0.2) is 9.59 Å². The Kier molecular flexibility index (Phi) is 6.89. The van der Waals surface area contributed by atoms with Crippen molar-refractivity contribution in [3.8, 4) is 11.5 Å². The summed E-state index contributed by atoms with van der Waals surface area (Å²) in [5.41, 5.74) is 1.62. The van der Waals surface area contributed by atoms with Crippen LogP contribution in [0.15, 0.2) is 29.5 Å². The van der Waals surface area contributed by atoms with E-state index in [0.29, 0.717) is 41.4 Å². The Morgan fingerprint density at radius 1 is 1.19 bits per heavy atom. The fraction of sp³-hybridized carbons (Fsp3) is 0.474. The maximum atomic E-state index is 12.7. The molecule has 7 nitrogen and oxygen atoms in total. The zero-order chi connectivity index (χ0) is 19.1. The van der Waals surface area contributed by atoms with Gasteiger partial charge in [-0.1, -0.05) is 25.5 Å². The molecule has 0 saturated heterocycles. The molecule has 1 unspecified atom stereocenters. The van der Waals surface area contributed by atoms with Gasteiger partial charge in [0.15, 0.2) is 11.5 Å².